The number of allylic oxidation sites excluding steroid dienone is 6. The maximum atomic E-state index is 8.51. The summed E-state index contributed by atoms with van der Waals surface area (Å²) in [4.78, 5) is 0. The van der Waals surface area contributed by atoms with Crippen molar-refractivity contribution in [2.75, 3.05) is 0 Å². The molecule has 0 N–H and O–H groups in total. The van der Waals surface area contributed by atoms with Crippen molar-refractivity contribution in [1.29, 1.82) is 5.26 Å². The highest BCUT2D eigenvalue weighted by Gasteiger charge is 1.95. The van der Waals surface area contributed by atoms with Crippen LogP contribution in [-0.4, -0.2) is 0 Å². The monoisotopic (exact) mass is 161 g/mol. The molecule has 64 valence electrons. The van der Waals surface area contributed by atoms with Crippen molar-refractivity contribution in [3.63, 3.8) is 0 Å². The van der Waals surface area contributed by atoms with E-state index in [1.165, 1.54) is 0 Å². The van der Waals surface area contributed by atoms with Gasteiger partial charge in [0, 0.05) is 0 Å². The summed E-state index contributed by atoms with van der Waals surface area (Å²) in [6.45, 7) is 5.95. The lowest BCUT2D eigenvalue weighted by molar-refractivity contribution is 1.20. The molecule has 0 amide bonds. The molecule has 0 atom stereocenters. The zero-order valence-corrected chi connectivity index (χ0v) is 7.96. The van der Waals surface area contributed by atoms with Gasteiger partial charge in [0.25, 0.3) is 0 Å². The van der Waals surface area contributed by atoms with Crippen LogP contribution in [0.2, 0.25) is 0 Å². The second kappa shape index (κ2) is 6.42. The van der Waals surface area contributed by atoms with Crippen LogP contribution in [0.1, 0.15) is 27.2 Å². The SMILES string of the molecule is C\C=C/C=C(C)\C(=C/C)CC#N. The zero-order chi connectivity index (χ0) is 9.40. The van der Waals surface area contributed by atoms with Crippen LogP contribution >= 0.6 is 0 Å². The third-order valence-electron chi connectivity index (χ3n) is 1.66. The van der Waals surface area contributed by atoms with Crippen molar-refractivity contribution >= 4 is 0 Å². The lowest BCUT2D eigenvalue weighted by Crippen LogP contribution is -1.82. The van der Waals surface area contributed by atoms with E-state index in [1.807, 2.05) is 45.1 Å². The highest BCUT2D eigenvalue weighted by Crippen LogP contribution is 2.12. The van der Waals surface area contributed by atoms with E-state index in [0.717, 1.165) is 11.1 Å². The third kappa shape index (κ3) is 3.78. The van der Waals surface area contributed by atoms with Crippen LogP contribution in [0, 0.1) is 11.3 Å². The number of nitrogens with zero attached hydrogens (tertiary/aromatic N) is 1. The Morgan fingerprint density at radius 1 is 1.42 bits per heavy atom. The minimum absolute atomic E-state index is 0.496. The molecule has 0 bridgehead atoms. The second-order valence-electron chi connectivity index (χ2n) is 2.52. The van der Waals surface area contributed by atoms with E-state index in [1.54, 1.807) is 0 Å². The highest BCUT2D eigenvalue weighted by atomic mass is 14.2. The molecule has 0 aromatic rings. The number of rotatable bonds is 3. The number of nitriles is 1. The first-order valence-electron chi connectivity index (χ1n) is 4.08. The summed E-state index contributed by atoms with van der Waals surface area (Å²) in [7, 11) is 0. The molecule has 1 heteroatoms. The fourth-order valence-electron chi connectivity index (χ4n) is 0.902. The summed E-state index contributed by atoms with van der Waals surface area (Å²) in [6, 6.07) is 2.14. The summed E-state index contributed by atoms with van der Waals surface area (Å²) in [6.07, 6.45) is 8.46. The molecule has 1 nitrogen and oxygen atoms in total. The van der Waals surface area contributed by atoms with Gasteiger partial charge in [0.2, 0.25) is 0 Å². The Morgan fingerprint density at radius 3 is 2.50 bits per heavy atom. The summed E-state index contributed by atoms with van der Waals surface area (Å²) in [5.74, 6) is 0. The zero-order valence-electron chi connectivity index (χ0n) is 7.96. The molecule has 0 heterocycles. The van der Waals surface area contributed by atoms with Gasteiger partial charge in [0.1, 0.15) is 0 Å². The molecule has 0 unspecified atom stereocenters. The maximum absolute atomic E-state index is 8.51. The molecular formula is C11H15N. The van der Waals surface area contributed by atoms with E-state index < -0.39 is 0 Å². The van der Waals surface area contributed by atoms with Crippen molar-refractivity contribution in [2.24, 2.45) is 0 Å². The number of hydrogen-bond acceptors (Lipinski definition) is 1. The Hall–Kier alpha value is -1.29. The predicted octanol–water partition coefficient (Wildman–Crippen LogP) is 3.37. The molecule has 0 fully saturated rings. The van der Waals surface area contributed by atoms with Gasteiger partial charge in [-0.15, -0.1) is 0 Å². The van der Waals surface area contributed by atoms with Gasteiger partial charge in [-0.05, 0) is 31.9 Å². The first kappa shape index (κ1) is 10.7. The van der Waals surface area contributed by atoms with Gasteiger partial charge in [-0.2, -0.15) is 5.26 Å². The number of hydrogen-bond donors (Lipinski definition) is 0. The Balaban J connectivity index is 4.44. The van der Waals surface area contributed by atoms with Crippen LogP contribution in [0.3, 0.4) is 0 Å². The van der Waals surface area contributed by atoms with Gasteiger partial charge >= 0.3 is 0 Å². The summed E-state index contributed by atoms with van der Waals surface area (Å²) < 4.78 is 0. The molecular weight excluding hydrogens is 146 g/mol. The van der Waals surface area contributed by atoms with Crippen molar-refractivity contribution in [1.82, 2.24) is 0 Å². The van der Waals surface area contributed by atoms with E-state index in [-0.39, 0.29) is 0 Å². The van der Waals surface area contributed by atoms with E-state index >= 15 is 0 Å². The lowest BCUT2D eigenvalue weighted by Gasteiger charge is -2.00. The average Bonchev–Trinajstić information content (AvgIpc) is 2.10. The van der Waals surface area contributed by atoms with Gasteiger partial charge in [0.15, 0.2) is 0 Å². The minimum Gasteiger partial charge on any atom is -0.198 e. The molecule has 0 aromatic heterocycles. The molecule has 0 aliphatic carbocycles. The minimum atomic E-state index is 0.496. The lowest BCUT2D eigenvalue weighted by atomic mass is 10.0. The van der Waals surface area contributed by atoms with Crippen molar-refractivity contribution in [3.05, 3.63) is 35.5 Å². The van der Waals surface area contributed by atoms with Crippen molar-refractivity contribution in [3.8, 4) is 6.07 Å². The van der Waals surface area contributed by atoms with Crippen LogP contribution in [-0.2, 0) is 0 Å². The fourth-order valence-corrected chi connectivity index (χ4v) is 0.902. The Labute approximate surface area is 74.7 Å². The standard InChI is InChI=1S/C11H15N/c1-4-6-7-10(3)11(5-2)8-9-12/h4-7H,8H2,1-3H3/b6-4-,10-7-,11-5-. The molecule has 0 aliphatic heterocycles. The van der Waals surface area contributed by atoms with Crippen LogP contribution in [0.5, 0.6) is 0 Å². The van der Waals surface area contributed by atoms with E-state index in [0.29, 0.717) is 6.42 Å². The van der Waals surface area contributed by atoms with E-state index in [4.69, 9.17) is 5.26 Å². The fraction of sp³-hybridized carbons (Fsp3) is 0.364. The predicted molar refractivity (Wildman–Crippen MR) is 52.6 cm³/mol. The Morgan fingerprint density at radius 2 is 2.08 bits per heavy atom. The smallest absolute Gasteiger partial charge is 0.0669 e. The Bertz CT molecular complexity index is 249. The molecule has 0 rings (SSSR count). The van der Waals surface area contributed by atoms with Crippen LogP contribution in [0.25, 0.3) is 0 Å². The first-order chi connectivity index (χ1) is 5.76. The van der Waals surface area contributed by atoms with Gasteiger partial charge in [-0.3, -0.25) is 0 Å². The van der Waals surface area contributed by atoms with Gasteiger partial charge < -0.3 is 0 Å². The van der Waals surface area contributed by atoms with Gasteiger partial charge in [-0.25, -0.2) is 0 Å². The molecule has 12 heavy (non-hydrogen) atoms. The van der Waals surface area contributed by atoms with Crippen LogP contribution in [0.15, 0.2) is 35.5 Å². The molecule has 0 saturated carbocycles. The summed E-state index contributed by atoms with van der Waals surface area (Å²) >= 11 is 0. The largest absolute Gasteiger partial charge is 0.198 e. The quantitative estimate of drug-likeness (QED) is 0.582. The molecule has 0 spiro atoms. The van der Waals surface area contributed by atoms with Crippen LogP contribution < -0.4 is 0 Å². The summed E-state index contributed by atoms with van der Waals surface area (Å²) in [5, 5.41) is 8.51. The highest BCUT2D eigenvalue weighted by molar-refractivity contribution is 5.33. The molecule has 0 aliphatic rings. The van der Waals surface area contributed by atoms with E-state index in [9.17, 15) is 0 Å². The normalized spacial score (nSPS) is 13.5. The van der Waals surface area contributed by atoms with E-state index in [2.05, 4.69) is 6.07 Å². The Kier molecular flexibility index (Phi) is 5.73. The molecule has 0 radical (unpaired) electrons. The molecule has 0 saturated heterocycles. The van der Waals surface area contributed by atoms with Crippen molar-refractivity contribution < 1.29 is 0 Å². The third-order valence-corrected chi connectivity index (χ3v) is 1.66. The van der Waals surface area contributed by atoms with Crippen molar-refractivity contribution in [2.45, 2.75) is 27.2 Å². The second-order valence-corrected chi connectivity index (χ2v) is 2.52. The first-order valence-corrected chi connectivity index (χ1v) is 4.08. The van der Waals surface area contributed by atoms with Gasteiger partial charge in [-0.1, -0.05) is 24.3 Å². The van der Waals surface area contributed by atoms with Crippen LogP contribution in [0.4, 0.5) is 0 Å². The molecule has 0 aromatic carbocycles. The average molecular weight is 161 g/mol. The summed E-state index contributed by atoms with van der Waals surface area (Å²) in [5.41, 5.74) is 2.27. The van der Waals surface area contributed by atoms with Gasteiger partial charge in [0.05, 0.1) is 12.5 Å². The maximum Gasteiger partial charge on any atom is 0.0669 e. The topological polar surface area (TPSA) is 23.8 Å².